The van der Waals surface area contributed by atoms with Gasteiger partial charge in [0.25, 0.3) is 0 Å². The van der Waals surface area contributed by atoms with E-state index in [9.17, 15) is 58.5 Å². The second-order valence-electron chi connectivity index (χ2n) is 39.9. The number of benzene rings is 4. The molecule has 18 nitrogen and oxygen atoms in total. The molecule has 0 heterocycles. The number of halogens is 11. The number of guanidine groups is 5. The van der Waals surface area contributed by atoms with Gasteiger partial charge in [-0.3, -0.25) is 4.99 Å². The Morgan fingerprint density at radius 2 is 0.519 bits per heavy atom. The molecule has 12 N–H and O–H groups in total. The van der Waals surface area contributed by atoms with Crippen molar-refractivity contribution in [2.75, 3.05) is 27.8 Å². The van der Waals surface area contributed by atoms with E-state index < -0.39 is 58.3 Å². The number of hydrogen-bond acceptors (Lipinski definition) is 8. The van der Waals surface area contributed by atoms with Crippen LogP contribution in [0.5, 0.6) is 0 Å². The molecule has 29 heteroatoms. The van der Waals surface area contributed by atoms with Crippen molar-refractivity contribution in [2.24, 2.45) is 30.9 Å². The maximum absolute atomic E-state index is 14.1. The van der Waals surface area contributed by atoms with E-state index in [0.717, 1.165) is 159 Å². The first-order chi connectivity index (χ1) is 64.2. The average Bonchev–Trinajstić information content (AvgIpc) is 0.803. The fourth-order valence-electron chi connectivity index (χ4n) is 20.6. The van der Waals surface area contributed by atoms with Gasteiger partial charge in [0.15, 0.2) is 64.3 Å². The van der Waals surface area contributed by atoms with E-state index in [1.807, 2.05) is 24.3 Å². The minimum atomic E-state index is -4.72. The van der Waals surface area contributed by atoms with Crippen LogP contribution in [0.25, 0.3) is 0 Å². The first-order valence-electron chi connectivity index (χ1n) is 51.6. The topological polar surface area (TPSA) is 246 Å². The second kappa shape index (κ2) is 54.7. The van der Waals surface area contributed by atoms with Gasteiger partial charge in [-0.2, -0.15) is 31.6 Å². The maximum Gasteiger partial charge on any atom is 0.421 e. The molecule has 0 radical (unpaired) electrons. The predicted octanol–water partition coefficient (Wildman–Crippen LogP) is 26.1. The van der Waals surface area contributed by atoms with Crippen LogP contribution in [-0.2, 0) is 11.2 Å². The molecule has 0 saturated heterocycles. The van der Waals surface area contributed by atoms with Crippen LogP contribution < -0.4 is 53.2 Å². The second-order valence-corrected chi connectivity index (χ2v) is 39.9. The summed E-state index contributed by atoms with van der Waals surface area (Å²) < 4.78 is 147. The van der Waals surface area contributed by atoms with Crippen LogP contribution in [0.3, 0.4) is 0 Å². The van der Waals surface area contributed by atoms with Gasteiger partial charge in [0.2, 0.25) is 5.82 Å². The molecule has 15 rings (SSSR count). The van der Waals surface area contributed by atoms with Gasteiger partial charge in [-0.25, -0.2) is 41.9 Å². The number of rotatable bonds is 19. The van der Waals surface area contributed by atoms with Crippen LogP contribution in [0.4, 0.5) is 71.0 Å². The lowest BCUT2D eigenvalue weighted by molar-refractivity contribution is -0.259. The molecule has 11 saturated carbocycles. The number of aliphatic imine (C=N–C) groups is 5. The molecule has 0 spiro atoms. The van der Waals surface area contributed by atoms with Gasteiger partial charge in [0, 0.05) is 59.9 Å². The smallest absolute Gasteiger partial charge is 0.376 e. The molecule has 4 aromatic carbocycles. The summed E-state index contributed by atoms with van der Waals surface area (Å²) in [6.07, 6.45) is 58.6. The fraction of sp³-hybridized carbons (Fsp3) is 0.712. The SMILES string of the molecule is C1CCC(CCN=C(NC2CCCCC2)NC2CCCCC2)CC1.CC(O)(c1ccc(NC(=NC2CCCCC2)NC2CCCCC2)cc1)C(F)(F)F.CC(O)(c1ccc(NC(=NC2CCCCC2)NC2CCCCC2)cc1)C(F)(F)F.Fc1c(F)c(F)c(NC(=NC2CCCCC2)NC2CCCCC2)c(F)c1F.N#Cc1ccc(NC(=NC2CCCCC2)NC2CCCCC2)cc1. The van der Waals surface area contributed by atoms with Gasteiger partial charge >= 0.3 is 12.4 Å². The molecule has 11 fully saturated rings. The molecule has 2 unspecified atom stereocenters. The summed E-state index contributed by atoms with van der Waals surface area (Å²) in [5.41, 5.74) is -4.17. The third-order valence-corrected chi connectivity index (χ3v) is 29.0. The summed E-state index contributed by atoms with van der Waals surface area (Å²) in [7, 11) is 0. The van der Waals surface area contributed by atoms with Gasteiger partial charge in [0.1, 0.15) is 5.69 Å². The van der Waals surface area contributed by atoms with Crippen LogP contribution in [0.1, 0.15) is 390 Å². The van der Waals surface area contributed by atoms with Crippen molar-refractivity contribution in [2.45, 2.75) is 457 Å². The average molecular weight is 1870 g/mol. The van der Waals surface area contributed by atoms with E-state index in [1.165, 1.54) is 268 Å². The number of alkyl halides is 6. The molecule has 0 amide bonds. The van der Waals surface area contributed by atoms with E-state index in [1.54, 1.807) is 24.3 Å². The molecule has 11 aliphatic carbocycles. The third kappa shape index (κ3) is 35.4. The first-order valence-corrected chi connectivity index (χ1v) is 51.6. The number of nitrogens with one attached hydrogen (secondary N) is 10. The van der Waals surface area contributed by atoms with E-state index in [2.05, 4.69) is 64.2 Å². The Hall–Kier alpha value is -8.13. The number of hydrogen-bond donors (Lipinski definition) is 12. The maximum atomic E-state index is 14.1. The highest BCUT2D eigenvalue weighted by Gasteiger charge is 2.52. The summed E-state index contributed by atoms with van der Waals surface area (Å²) in [5, 5.41) is 62.4. The zero-order chi connectivity index (χ0) is 94.3. The van der Waals surface area contributed by atoms with Crippen molar-refractivity contribution < 1.29 is 58.5 Å². The van der Waals surface area contributed by atoms with Crippen LogP contribution in [0.2, 0.25) is 0 Å². The lowest BCUT2D eigenvalue weighted by Crippen LogP contribution is -2.48. The summed E-state index contributed by atoms with van der Waals surface area (Å²) in [6.45, 7) is 2.56. The molecule has 133 heavy (non-hydrogen) atoms. The zero-order valence-electron chi connectivity index (χ0n) is 79.3. The normalized spacial score (nSPS) is 21.8. The van der Waals surface area contributed by atoms with Gasteiger partial charge in [-0.15, -0.1) is 0 Å². The van der Waals surface area contributed by atoms with Crippen molar-refractivity contribution >= 4 is 52.5 Å². The highest BCUT2D eigenvalue weighted by molar-refractivity contribution is 5.96. The monoisotopic (exact) mass is 1870 g/mol. The van der Waals surface area contributed by atoms with Gasteiger partial charge in [-0.05, 0) is 214 Å². The highest BCUT2D eigenvalue weighted by Crippen LogP contribution is 2.42. The van der Waals surface area contributed by atoms with Crippen LogP contribution in [-0.4, -0.2) is 119 Å². The van der Waals surface area contributed by atoms with E-state index in [4.69, 9.17) is 25.2 Å². The predicted molar refractivity (Wildman–Crippen MR) is 517 cm³/mol. The largest absolute Gasteiger partial charge is 0.421 e. The number of nitriles is 1. The standard InChI is InChI=1S/2C22H32F3N3O.C21H39N3.C20H28N4.C19H24F5N3/c2*1-21(29,22(23,24)25)16-12-14-19(15-13-16)28-20(26-17-8-4-2-5-9-17)27-18-10-6-3-7-11-18;1-4-10-18(11-5-1)16-17-22-21(23-19-12-6-2-7-13-19)24-20-14-8-3-9-15-20;21-15-16-11-13-19(14-12-16)24-20(22-17-7-3-1-4-8-17)23-18-9-5-2-6-10-18;20-13-14(21)16(23)18(17(24)15(13)22)27-19(25-11-7-3-1-4-8-11)26-12-9-5-2-6-10-12/h2*12-15,17-18,29H,2-11H2,1H3,(H2,26,27,28);18-20H,1-17H2,(H2,22,23,24);11-14,17-18H,1-10H2,(H2,22,23,24);11-12H,1-10H2,(H2,25,26,27). The minimum Gasteiger partial charge on any atom is -0.376 e. The Balaban J connectivity index is 0.000000160. The van der Waals surface area contributed by atoms with Gasteiger partial charge in [-0.1, -0.05) is 249 Å². The molecule has 0 bridgehead atoms. The molecule has 740 valence electrons. The van der Waals surface area contributed by atoms with Gasteiger partial charge in [0.05, 0.1) is 35.8 Å². The molecular formula is C104H155F11N16O2. The van der Waals surface area contributed by atoms with Crippen molar-refractivity contribution in [3.05, 3.63) is 119 Å². The number of nitrogens with zero attached hydrogens (tertiary/aromatic N) is 6. The first kappa shape index (κ1) is 105. The summed E-state index contributed by atoms with van der Waals surface area (Å²) in [5.74, 6) is -5.38. The van der Waals surface area contributed by atoms with Crippen molar-refractivity contribution in [3.63, 3.8) is 0 Å². The molecular weight excluding hydrogens is 1710 g/mol. The quantitative estimate of drug-likeness (QED) is 0.0138. The van der Waals surface area contributed by atoms with E-state index in [0.29, 0.717) is 65.1 Å². The Kier molecular flexibility index (Phi) is 43.3. The summed E-state index contributed by atoms with van der Waals surface area (Å²) >= 11 is 0. The Morgan fingerprint density at radius 3 is 0.767 bits per heavy atom. The number of aliphatic hydroxyl groups is 2. The Labute approximate surface area is 785 Å². The Bertz CT molecular complexity index is 4050. The van der Waals surface area contributed by atoms with Crippen molar-refractivity contribution in [3.8, 4) is 6.07 Å². The zero-order valence-corrected chi connectivity index (χ0v) is 79.3. The lowest BCUT2D eigenvalue weighted by Gasteiger charge is -2.29. The fourth-order valence-corrected chi connectivity index (χ4v) is 20.6. The molecule has 2 atom stereocenters. The summed E-state index contributed by atoms with van der Waals surface area (Å²) in [4.78, 5) is 24.3. The minimum absolute atomic E-state index is 0.0291. The highest BCUT2D eigenvalue weighted by atomic mass is 19.4. The van der Waals surface area contributed by atoms with E-state index in [-0.39, 0.29) is 41.3 Å². The molecule has 0 aromatic heterocycles. The Morgan fingerprint density at radius 1 is 0.301 bits per heavy atom. The molecule has 4 aromatic rings. The molecule has 0 aliphatic heterocycles. The van der Waals surface area contributed by atoms with Gasteiger partial charge < -0.3 is 63.4 Å². The third-order valence-electron chi connectivity index (χ3n) is 29.0. The summed E-state index contributed by atoms with van der Waals surface area (Å²) in [6, 6.07) is 24.9. The van der Waals surface area contributed by atoms with Crippen molar-refractivity contribution in [1.29, 1.82) is 5.26 Å². The van der Waals surface area contributed by atoms with Crippen LogP contribution in [0.15, 0.2) is 97.8 Å². The lowest BCUT2D eigenvalue weighted by atomic mass is 9.87. The van der Waals surface area contributed by atoms with Crippen LogP contribution in [0, 0.1) is 46.3 Å². The number of anilines is 4. The van der Waals surface area contributed by atoms with Crippen molar-refractivity contribution in [1.82, 2.24) is 31.9 Å². The van der Waals surface area contributed by atoms with Crippen LogP contribution >= 0.6 is 0 Å². The molecule has 11 aliphatic rings. The van der Waals surface area contributed by atoms with E-state index >= 15 is 0 Å².